The minimum absolute atomic E-state index is 0.122. The Kier molecular flexibility index (Phi) is 7.76. The van der Waals surface area contributed by atoms with Gasteiger partial charge in [0.05, 0.1) is 10.9 Å². The molecule has 2 N–H and O–H groups in total. The number of hydrazine groups is 1. The van der Waals surface area contributed by atoms with E-state index in [9.17, 15) is 4.79 Å². The average molecular weight is 524 g/mol. The van der Waals surface area contributed by atoms with Crippen LogP contribution in [0.3, 0.4) is 0 Å². The predicted molar refractivity (Wildman–Crippen MR) is 138 cm³/mol. The third-order valence-corrected chi connectivity index (χ3v) is 10.7. The van der Waals surface area contributed by atoms with Gasteiger partial charge >= 0.3 is 0 Å². The molecule has 188 valence electrons. The number of nitrogens with zero attached hydrogens (tertiary/aromatic N) is 2. The monoisotopic (exact) mass is 522 g/mol. The third-order valence-electron chi connectivity index (χ3n) is 9.96. The van der Waals surface area contributed by atoms with E-state index in [2.05, 4.69) is 57.4 Å². The molecule has 6 heteroatoms. The van der Waals surface area contributed by atoms with Crippen LogP contribution in [0.4, 0.5) is 0 Å². The molecule has 5 nitrogen and oxygen atoms in total. The van der Waals surface area contributed by atoms with Crippen molar-refractivity contribution in [3.63, 3.8) is 0 Å². The molecule has 3 saturated heterocycles. The fourth-order valence-corrected chi connectivity index (χ4v) is 8.81. The number of halogens is 1. The lowest BCUT2D eigenvalue weighted by Gasteiger charge is -2.48. The molecule has 3 heterocycles. The van der Waals surface area contributed by atoms with Gasteiger partial charge < -0.3 is 10.2 Å². The Hall–Kier alpha value is -0.170. The predicted octanol–water partition coefficient (Wildman–Crippen LogP) is 4.91. The van der Waals surface area contributed by atoms with Crippen LogP contribution in [0.2, 0.25) is 0 Å². The van der Waals surface area contributed by atoms with Crippen LogP contribution in [0.15, 0.2) is 0 Å². The van der Waals surface area contributed by atoms with E-state index in [-0.39, 0.29) is 5.92 Å². The summed E-state index contributed by atoms with van der Waals surface area (Å²) >= 11 is 3.70. The van der Waals surface area contributed by atoms with Crippen molar-refractivity contribution in [2.24, 2.45) is 29.6 Å². The maximum atomic E-state index is 13.8. The van der Waals surface area contributed by atoms with Crippen LogP contribution in [0.25, 0.3) is 0 Å². The van der Waals surface area contributed by atoms with Crippen molar-refractivity contribution < 1.29 is 4.79 Å². The number of hydrogen-bond donors (Lipinski definition) is 2. The quantitative estimate of drug-likeness (QED) is 0.384. The van der Waals surface area contributed by atoms with Crippen molar-refractivity contribution in [3.05, 3.63) is 0 Å². The molecule has 5 fully saturated rings. The lowest BCUT2D eigenvalue weighted by atomic mass is 9.76. The van der Waals surface area contributed by atoms with Crippen LogP contribution >= 0.6 is 15.9 Å². The van der Waals surface area contributed by atoms with Gasteiger partial charge in [0.15, 0.2) is 0 Å². The highest BCUT2D eigenvalue weighted by atomic mass is 79.9. The van der Waals surface area contributed by atoms with Gasteiger partial charge in [0.25, 0.3) is 0 Å². The van der Waals surface area contributed by atoms with Crippen molar-refractivity contribution in [2.45, 2.75) is 121 Å². The molecule has 1 amide bonds. The van der Waals surface area contributed by atoms with Gasteiger partial charge in [0.2, 0.25) is 5.91 Å². The summed E-state index contributed by atoms with van der Waals surface area (Å²) in [5, 5.41) is 6.24. The third kappa shape index (κ3) is 4.93. The second kappa shape index (κ2) is 10.4. The van der Waals surface area contributed by atoms with E-state index in [1.54, 1.807) is 0 Å². The largest absolute Gasteiger partial charge is 0.339 e. The fraction of sp³-hybridized carbons (Fsp3) is 0.963. The van der Waals surface area contributed by atoms with Gasteiger partial charge in [-0.2, -0.15) is 0 Å². The van der Waals surface area contributed by atoms with Gasteiger partial charge in [-0.1, -0.05) is 43.1 Å². The summed E-state index contributed by atoms with van der Waals surface area (Å²) in [6, 6.07) is 2.21. The van der Waals surface area contributed by atoms with Crippen LogP contribution in [0.5, 0.6) is 0 Å². The summed E-state index contributed by atoms with van der Waals surface area (Å²) in [7, 11) is 0. The summed E-state index contributed by atoms with van der Waals surface area (Å²) in [4.78, 5) is 16.5. The molecule has 0 radical (unpaired) electrons. The van der Waals surface area contributed by atoms with E-state index < -0.39 is 0 Å². The highest BCUT2D eigenvalue weighted by Crippen LogP contribution is 2.46. The van der Waals surface area contributed by atoms with Crippen molar-refractivity contribution in [1.82, 2.24) is 20.7 Å². The van der Waals surface area contributed by atoms with Gasteiger partial charge in [-0.3, -0.25) is 10.2 Å². The standard InChI is InChI=1S/C27H47BrN4O/c1-4-6-22-26-23(5-2)31(27(33)21-16-29-25(28)15-17(21)3)14-13-24(26)32(30-22)20-11-9-19(10-12-20)18-7-8-18/h17-26,29-30H,4-16H2,1-3H3. The van der Waals surface area contributed by atoms with Gasteiger partial charge in [0, 0.05) is 43.2 Å². The first kappa shape index (κ1) is 24.5. The number of likely N-dealkylation sites (tertiary alicyclic amines) is 1. The maximum absolute atomic E-state index is 13.8. The number of amides is 1. The summed E-state index contributed by atoms with van der Waals surface area (Å²) in [5.74, 6) is 3.62. The second-order valence-electron chi connectivity index (χ2n) is 12.0. The Bertz CT molecular complexity index is 679. The van der Waals surface area contributed by atoms with Crippen molar-refractivity contribution in [3.8, 4) is 0 Å². The molecule has 0 aromatic heterocycles. The lowest BCUT2D eigenvalue weighted by Crippen LogP contribution is -2.59. The molecule has 0 bridgehead atoms. The van der Waals surface area contributed by atoms with Crippen molar-refractivity contribution >= 4 is 21.8 Å². The molecular formula is C27H47BrN4O. The minimum Gasteiger partial charge on any atom is -0.339 e. The zero-order valence-electron chi connectivity index (χ0n) is 21.1. The number of alkyl halides is 1. The minimum atomic E-state index is 0.122. The molecule has 3 aliphatic heterocycles. The Balaban J connectivity index is 1.30. The van der Waals surface area contributed by atoms with E-state index in [1.807, 2.05) is 0 Å². The maximum Gasteiger partial charge on any atom is 0.227 e. The van der Waals surface area contributed by atoms with Crippen LogP contribution in [0.1, 0.15) is 91.4 Å². The highest BCUT2D eigenvalue weighted by molar-refractivity contribution is 9.09. The van der Waals surface area contributed by atoms with Gasteiger partial charge in [-0.05, 0) is 82.0 Å². The first-order valence-electron chi connectivity index (χ1n) is 14.2. The summed E-state index contributed by atoms with van der Waals surface area (Å²) in [6.07, 6.45) is 14.3. The smallest absolute Gasteiger partial charge is 0.227 e. The average Bonchev–Trinajstić information content (AvgIpc) is 3.60. The van der Waals surface area contributed by atoms with E-state index in [0.717, 1.165) is 44.2 Å². The number of hydrogen-bond acceptors (Lipinski definition) is 4. The number of carbonyl (C=O) groups excluding carboxylic acids is 1. The number of rotatable bonds is 6. The molecule has 7 unspecified atom stereocenters. The van der Waals surface area contributed by atoms with Crippen LogP contribution in [0, 0.1) is 29.6 Å². The zero-order valence-corrected chi connectivity index (χ0v) is 22.7. The molecule has 5 aliphatic rings. The van der Waals surface area contributed by atoms with Crippen molar-refractivity contribution in [1.29, 1.82) is 0 Å². The van der Waals surface area contributed by atoms with Gasteiger partial charge in [-0.15, -0.1) is 0 Å². The molecule has 0 spiro atoms. The zero-order chi connectivity index (χ0) is 23.1. The Morgan fingerprint density at radius 3 is 2.33 bits per heavy atom. The van der Waals surface area contributed by atoms with Gasteiger partial charge in [0.1, 0.15) is 0 Å². The molecule has 2 saturated carbocycles. The van der Waals surface area contributed by atoms with Crippen LogP contribution in [-0.2, 0) is 4.79 Å². The van der Waals surface area contributed by atoms with E-state index in [0.29, 0.717) is 46.9 Å². The number of carbonyl (C=O) groups is 1. The first-order chi connectivity index (χ1) is 16.0. The first-order valence-corrected chi connectivity index (χ1v) is 15.2. The van der Waals surface area contributed by atoms with Crippen LogP contribution in [-0.4, -0.2) is 58.0 Å². The van der Waals surface area contributed by atoms with E-state index in [4.69, 9.17) is 0 Å². The molecule has 5 rings (SSSR count). The normalized spacial score (nSPS) is 44.6. The van der Waals surface area contributed by atoms with Crippen LogP contribution < -0.4 is 10.7 Å². The van der Waals surface area contributed by atoms with Crippen molar-refractivity contribution in [2.75, 3.05) is 13.1 Å². The molecule has 0 aromatic rings. The lowest BCUT2D eigenvalue weighted by molar-refractivity contribution is -0.144. The number of piperidine rings is 2. The summed E-state index contributed by atoms with van der Waals surface area (Å²) in [5.41, 5.74) is 4.06. The Labute approximate surface area is 210 Å². The fourth-order valence-electron chi connectivity index (χ4n) is 8.03. The van der Waals surface area contributed by atoms with E-state index >= 15 is 0 Å². The van der Waals surface area contributed by atoms with E-state index in [1.165, 1.54) is 51.4 Å². The SMILES string of the molecule is CCCC1NN(C2CCC(C3CC3)CC2)C2CCN(C(=O)C3CNC(Br)CC3C)C(CC)C12. The molecule has 0 aromatic carbocycles. The molecular weight excluding hydrogens is 476 g/mol. The Morgan fingerprint density at radius 2 is 1.73 bits per heavy atom. The molecule has 2 aliphatic carbocycles. The molecule has 7 atom stereocenters. The Morgan fingerprint density at radius 1 is 1.03 bits per heavy atom. The second-order valence-corrected chi connectivity index (χ2v) is 13.1. The number of nitrogens with one attached hydrogen (secondary N) is 2. The molecule has 33 heavy (non-hydrogen) atoms. The topological polar surface area (TPSA) is 47.6 Å². The summed E-state index contributed by atoms with van der Waals surface area (Å²) < 4.78 is 0. The highest BCUT2D eigenvalue weighted by Gasteiger charge is 2.52. The number of fused-ring (bicyclic) bond motifs is 1. The van der Waals surface area contributed by atoms with Gasteiger partial charge in [-0.25, -0.2) is 5.01 Å². The summed E-state index contributed by atoms with van der Waals surface area (Å²) in [6.45, 7) is 8.65.